The molecule has 0 spiro atoms. The van der Waals surface area contributed by atoms with Crippen molar-refractivity contribution in [3.8, 4) is 5.75 Å². The molecule has 3 aromatic rings. The van der Waals surface area contributed by atoms with Crippen LogP contribution in [0.3, 0.4) is 0 Å². The van der Waals surface area contributed by atoms with Crippen LogP contribution in [0.2, 0.25) is 0 Å². The molecule has 4 rings (SSSR count). The molecule has 0 radical (unpaired) electrons. The van der Waals surface area contributed by atoms with Gasteiger partial charge in [0.1, 0.15) is 11.6 Å². The molecule has 2 N–H and O–H groups in total. The van der Waals surface area contributed by atoms with Crippen molar-refractivity contribution in [1.82, 2.24) is 9.47 Å². The van der Waals surface area contributed by atoms with Crippen molar-refractivity contribution in [3.63, 3.8) is 0 Å². The molecule has 5 nitrogen and oxygen atoms in total. The van der Waals surface area contributed by atoms with Crippen LogP contribution in [0.15, 0.2) is 42.5 Å². The Hall–Kier alpha value is -2.22. The van der Waals surface area contributed by atoms with Crippen molar-refractivity contribution in [2.45, 2.75) is 25.5 Å². The summed E-state index contributed by atoms with van der Waals surface area (Å²) < 4.78 is 21.5. The number of aromatic nitrogens is 1. The topological polar surface area (TPSA) is 61.5 Å². The highest BCUT2D eigenvalue weighted by atomic mass is 32.1. The summed E-state index contributed by atoms with van der Waals surface area (Å²) in [5, 5.41) is 18.8. The molecule has 7 heteroatoms. The Bertz CT molecular complexity index is 1020. The minimum absolute atomic E-state index is 0.285. The number of benzene rings is 2. The summed E-state index contributed by atoms with van der Waals surface area (Å²) >= 11 is 1.48. The van der Waals surface area contributed by atoms with E-state index in [1.165, 1.54) is 23.5 Å². The van der Waals surface area contributed by atoms with E-state index in [1.54, 1.807) is 19.2 Å². The fourth-order valence-corrected chi connectivity index (χ4v) is 4.97. The molecule has 1 aliphatic rings. The minimum Gasteiger partial charge on any atom is -0.497 e. The van der Waals surface area contributed by atoms with Crippen molar-refractivity contribution in [1.29, 1.82) is 5.41 Å². The Morgan fingerprint density at radius 1 is 1.21 bits per heavy atom. The van der Waals surface area contributed by atoms with E-state index in [0.717, 1.165) is 54.0 Å². The van der Waals surface area contributed by atoms with Gasteiger partial charge in [-0.3, -0.25) is 5.41 Å². The van der Waals surface area contributed by atoms with Gasteiger partial charge in [-0.25, -0.2) is 4.39 Å². The SMILES string of the molecule is COc1ccc2c(c1)sc(=N)n2CC1CCN(C[C@@H](O)c2ccc(F)cc2)CC1. The molecule has 1 atom stereocenters. The molecule has 1 aliphatic heterocycles. The van der Waals surface area contributed by atoms with Gasteiger partial charge in [0.2, 0.25) is 0 Å². The average Bonchev–Trinajstić information content (AvgIpc) is 3.04. The van der Waals surface area contributed by atoms with Gasteiger partial charge in [0, 0.05) is 13.1 Å². The largest absolute Gasteiger partial charge is 0.497 e. The number of fused-ring (bicyclic) bond motifs is 1. The third-order valence-corrected chi connectivity index (χ3v) is 6.70. The van der Waals surface area contributed by atoms with E-state index in [4.69, 9.17) is 10.1 Å². The van der Waals surface area contributed by atoms with Gasteiger partial charge >= 0.3 is 0 Å². The number of likely N-dealkylation sites (tertiary alicyclic amines) is 1. The number of nitrogens with zero attached hydrogens (tertiary/aromatic N) is 2. The van der Waals surface area contributed by atoms with Crippen molar-refractivity contribution in [3.05, 3.63) is 58.6 Å². The van der Waals surface area contributed by atoms with E-state index in [9.17, 15) is 9.50 Å². The second-order valence-electron chi connectivity index (χ2n) is 7.66. The molecule has 0 amide bonds. The van der Waals surface area contributed by atoms with Crippen LogP contribution in [0.25, 0.3) is 10.2 Å². The Morgan fingerprint density at radius 2 is 1.93 bits per heavy atom. The lowest BCUT2D eigenvalue weighted by molar-refractivity contribution is 0.0867. The van der Waals surface area contributed by atoms with Gasteiger partial charge in [-0.05, 0) is 67.7 Å². The summed E-state index contributed by atoms with van der Waals surface area (Å²) in [5.74, 6) is 1.05. The normalized spacial score (nSPS) is 16.9. The maximum absolute atomic E-state index is 13.1. The van der Waals surface area contributed by atoms with Crippen LogP contribution in [0.4, 0.5) is 4.39 Å². The average molecular weight is 416 g/mol. The van der Waals surface area contributed by atoms with Crippen LogP contribution in [0.1, 0.15) is 24.5 Å². The highest BCUT2D eigenvalue weighted by molar-refractivity contribution is 7.16. The predicted molar refractivity (Wildman–Crippen MR) is 113 cm³/mol. The van der Waals surface area contributed by atoms with E-state index in [0.29, 0.717) is 17.3 Å². The van der Waals surface area contributed by atoms with Gasteiger partial charge in [0.15, 0.2) is 4.80 Å². The zero-order chi connectivity index (χ0) is 20.4. The van der Waals surface area contributed by atoms with E-state index in [-0.39, 0.29) is 5.82 Å². The molecule has 0 bridgehead atoms. The van der Waals surface area contributed by atoms with Gasteiger partial charge < -0.3 is 19.3 Å². The quantitative estimate of drug-likeness (QED) is 0.644. The van der Waals surface area contributed by atoms with Crippen molar-refractivity contribution >= 4 is 21.6 Å². The molecular weight excluding hydrogens is 389 g/mol. The number of rotatable bonds is 6. The number of thiazole rings is 1. The van der Waals surface area contributed by atoms with Crippen molar-refractivity contribution in [2.75, 3.05) is 26.7 Å². The molecule has 1 aromatic heterocycles. The second-order valence-corrected chi connectivity index (χ2v) is 8.69. The number of aliphatic hydroxyl groups is 1. The summed E-state index contributed by atoms with van der Waals surface area (Å²) in [7, 11) is 1.66. The zero-order valence-electron chi connectivity index (χ0n) is 16.5. The number of hydrogen-bond donors (Lipinski definition) is 2. The van der Waals surface area contributed by atoms with Crippen LogP contribution in [-0.2, 0) is 6.54 Å². The highest BCUT2D eigenvalue weighted by Crippen LogP contribution is 2.26. The molecule has 2 heterocycles. The molecule has 2 aromatic carbocycles. The van der Waals surface area contributed by atoms with E-state index in [1.807, 2.05) is 18.2 Å². The lowest BCUT2D eigenvalue weighted by Crippen LogP contribution is -2.38. The van der Waals surface area contributed by atoms with Crippen molar-refractivity contribution in [2.24, 2.45) is 5.92 Å². The first-order chi connectivity index (χ1) is 14.0. The molecule has 0 unspecified atom stereocenters. The number of ether oxygens (including phenoxy) is 1. The highest BCUT2D eigenvalue weighted by Gasteiger charge is 2.23. The first-order valence-corrected chi connectivity index (χ1v) is 10.7. The number of hydrogen-bond acceptors (Lipinski definition) is 5. The monoisotopic (exact) mass is 415 g/mol. The molecule has 29 heavy (non-hydrogen) atoms. The zero-order valence-corrected chi connectivity index (χ0v) is 17.3. The number of piperidine rings is 1. The maximum Gasteiger partial charge on any atom is 0.182 e. The standard InChI is InChI=1S/C22H26FN3O2S/c1-28-18-6-7-19-21(12-18)29-22(24)26(19)13-15-8-10-25(11-9-15)14-20(27)16-2-4-17(23)5-3-16/h2-7,12,15,20,24,27H,8-11,13-14H2,1H3/t20-/m1/s1. The Morgan fingerprint density at radius 3 is 2.62 bits per heavy atom. The van der Waals surface area contributed by atoms with Crippen molar-refractivity contribution < 1.29 is 14.2 Å². The number of methoxy groups -OCH3 is 1. The number of nitrogens with one attached hydrogen (secondary N) is 1. The van der Waals surface area contributed by atoms with Gasteiger partial charge in [0.05, 0.1) is 23.4 Å². The van der Waals surface area contributed by atoms with Crippen LogP contribution >= 0.6 is 11.3 Å². The smallest absolute Gasteiger partial charge is 0.182 e. The molecule has 1 fully saturated rings. The summed E-state index contributed by atoms with van der Waals surface area (Å²) in [6.45, 7) is 3.26. The lowest BCUT2D eigenvalue weighted by Gasteiger charge is -2.33. The Kier molecular flexibility index (Phi) is 5.99. The van der Waals surface area contributed by atoms with Gasteiger partial charge in [-0.2, -0.15) is 0 Å². The van der Waals surface area contributed by atoms with Gasteiger partial charge in [-0.15, -0.1) is 0 Å². The fourth-order valence-electron chi connectivity index (χ4n) is 4.02. The van der Waals surface area contributed by atoms with Gasteiger partial charge in [0.25, 0.3) is 0 Å². The predicted octanol–water partition coefficient (Wildman–Crippen LogP) is 3.78. The number of β-amino-alcohol motifs (C(OH)–C–C–N with tert-alkyl or cyclic N) is 1. The molecule has 1 saturated heterocycles. The van der Waals surface area contributed by atoms with Crippen LogP contribution in [0, 0.1) is 17.1 Å². The Balaban J connectivity index is 1.35. The Labute approximate surface area is 173 Å². The first kappa shape index (κ1) is 20.1. The third-order valence-electron chi connectivity index (χ3n) is 5.74. The van der Waals surface area contributed by atoms with Crippen LogP contribution in [-0.4, -0.2) is 41.3 Å². The van der Waals surface area contributed by atoms with Gasteiger partial charge in [-0.1, -0.05) is 23.5 Å². The van der Waals surface area contributed by atoms with Crippen LogP contribution in [0.5, 0.6) is 5.75 Å². The fraction of sp³-hybridized carbons (Fsp3) is 0.409. The molecule has 0 aliphatic carbocycles. The van der Waals surface area contributed by atoms with E-state index in [2.05, 4.69) is 9.47 Å². The molecule has 154 valence electrons. The molecule has 0 saturated carbocycles. The summed E-state index contributed by atoms with van der Waals surface area (Å²) in [4.78, 5) is 2.84. The summed E-state index contributed by atoms with van der Waals surface area (Å²) in [5.41, 5.74) is 1.85. The maximum atomic E-state index is 13.1. The van der Waals surface area contributed by atoms with Crippen LogP contribution < -0.4 is 9.54 Å². The summed E-state index contributed by atoms with van der Waals surface area (Å²) in [6.07, 6.45) is 1.48. The molecular formula is C22H26FN3O2S. The second kappa shape index (κ2) is 8.65. The summed E-state index contributed by atoms with van der Waals surface area (Å²) in [6, 6.07) is 12.1. The first-order valence-electron chi connectivity index (χ1n) is 9.91. The number of aliphatic hydroxyl groups excluding tert-OH is 1. The minimum atomic E-state index is -0.600. The lowest BCUT2D eigenvalue weighted by atomic mass is 9.96. The third kappa shape index (κ3) is 4.52. The number of halogens is 1. The van der Waals surface area contributed by atoms with E-state index < -0.39 is 6.10 Å². The van der Waals surface area contributed by atoms with E-state index >= 15 is 0 Å².